The molecule has 2 N–H and O–H groups in total. The molecule has 0 bridgehead atoms. The highest BCUT2D eigenvalue weighted by Gasteiger charge is 2.13. The molecule has 1 aliphatic rings. The third-order valence-corrected chi connectivity index (χ3v) is 3.48. The van der Waals surface area contributed by atoms with Crippen molar-refractivity contribution in [1.29, 1.82) is 0 Å². The van der Waals surface area contributed by atoms with Gasteiger partial charge in [-0.2, -0.15) is 8.78 Å². The topological polar surface area (TPSA) is 54.9 Å². The van der Waals surface area contributed by atoms with Gasteiger partial charge in [-0.05, 0) is 30.5 Å². The summed E-state index contributed by atoms with van der Waals surface area (Å²) in [6.45, 7) is -2.46. The van der Waals surface area contributed by atoms with Gasteiger partial charge in [-0.25, -0.2) is 0 Å². The zero-order valence-electron chi connectivity index (χ0n) is 13.2. The van der Waals surface area contributed by atoms with E-state index in [1.54, 1.807) is 19.2 Å². The number of rotatable bonds is 6. The van der Waals surface area contributed by atoms with Crippen LogP contribution in [0.4, 0.5) is 8.78 Å². The molecule has 0 saturated heterocycles. The highest BCUT2D eigenvalue weighted by Crippen LogP contribution is 2.29. The second-order valence-electron chi connectivity index (χ2n) is 5.07. The van der Waals surface area contributed by atoms with Crippen molar-refractivity contribution in [2.24, 2.45) is 4.99 Å². The molecular formula is C16H21F2N3O2. The summed E-state index contributed by atoms with van der Waals surface area (Å²) in [4.78, 5) is 4.16. The van der Waals surface area contributed by atoms with Gasteiger partial charge in [-0.1, -0.05) is 18.2 Å². The van der Waals surface area contributed by atoms with Gasteiger partial charge in [-0.3, -0.25) is 4.99 Å². The molecule has 126 valence electrons. The minimum Gasteiger partial charge on any atom is -0.493 e. The van der Waals surface area contributed by atoms with Gasteiger partial charge in [0.2, 0.25) is 0 Å². The number of hydrogen-bond donors (Lipinski definition) is 2. The van der Waals surface area contributed by atoms with Crippen LogP contribution < -0.4 is 20.1 Å². The average Bonchev–Trinajstić information content (AvgIpc) is 3.04. The van der Waals surface area contributed by atoms with Gasteiger partial charge in [-0.15, -0.1) is 0 Å². The lowest BCUT2D eigenvalue weighted by Crippen LogP contribution is -2.42. The molecule has 0 aromatic heterocycles. The molecule has 0 radical (unpaired) electrons. The Morgan fingerprint density at radius 1 is 1.30 bits per heavy atom. The summed E-state index contributed by atoms with van der Waals surface area (Å²) < 4.78 is 34.4. The molecular weight excluding hydrogens is 304 g/mol. The summed E-state index contributed by atoms with van der Waals surface area (Å²) >= 11 is 0. The minimum atomic E-state index is -2.89. The molecule has 0 unspecified atom stereocenters. The average molecular weight is 325 g/mol. The Morgan fingerprint density at radius 2 is 2.04 bits per heavy atom. The first-order valence-electron chi connectivity index (χ1n) is 7.36. The number of aliphatic imine (C=N–C) groups is 1. The second-order valence-corrected chi connectivity index (χ2v) is 5.07. The molecule has 1 aromatic carbocycles. The van der Waals surface area contributed by atoms with Crippen molar-refractivity contribution < 1.29 is 18.3 Å². The summed E-state index contributed by atoms with van der Waals surface area (Å²) in [7, 11) is 3.10. The van der Waals surface area contributed by atoms with E-state index in [1.807, 2.05) is 0 Å². The Hall–Kier alpha value is -2.31. The summed E-state index contributed by atoms with van der Waals surface area (Å²) in [5.41, 5.74) is 0.786. The number of nitrogens with zero attached hydrogens (tertiary/aromatic N) is 1. The van der Waals surface area contributed by atoms with Gasteiger partial charge in [0.15, 0.2) is 17.5 Å². The van der Waals surface area contributed by atoms with E-state index >= 15 is 0 Å². The van der Waals surface area contributed by atoms with Crippen LogP contribution in [0.5, 0.6) is 11.5 Å². The summed E-state index contributed by atoms with van der Waals surface area (Å²) in [6, 6.07) is 5.26. The highest BCUT2D eigenvalue weighted by atomic mass is 19.3. The number of benzene rings is 1. The van der Waals surface area contributed by atoms with Gasteiger partial charge in [0.1, 0.15) is 0 Å². The monoisotopic (exact) mass is 325 g/mol. The van der Waals surface area contributed by atoms with Gasteiger partial charge in [0.25, 0.3) is 0 Å². The van der Waals surface area contributed by atoms with E-state index < -0.39 is 6.61 Å². The fraction of sp³-hybridized carbons (Fsp3) is 0.438. The van der Waals surface area contributed by atoms with Crippen LogP contribution in [0.2, 0.25) is 0 Å². The lowest BCUT2D eigenvalue weighted by Gasteiger charge is -2.17. The first-order valence-corrected chi connectivity index (χ1v) is 7.36. The van der Waals surface area contributed by atoms with Crippen molar-refractivity contribution in [1.82, 2.24) is 10.6 Å². The van der Waals surface area contributed by atoms with E-state index in [1.165, 1.54) is 13.2 Å². The molecule has 0 spiro atoms. The standard InChI is InChI=1S/C16H21F2N3O2/c1-19-16(21-12-5-3-4-6-12)20-10-11-7-8-13(22-2)14(9-11)23-15(17)18/h3-4,7-9,12,15H,5-6,10H2,1-2H3,(H2,19,20,21). The molecule has 5 nitrogen and oxygen atoms in total. The van der Waals surface area contributed by atoms with Crippen molar-refractivity contribution in [2.75, 3.05) is 14.2 Å². The fourth-order valence-corrected chi connectivity index (χ4v) is 2.33. The molecule has 0 amide bonds. The van der Waals surface area contributed by atoms with E-state index in [4.69, 9.17) is 4.74 Å². The van der Waals surface area contributed by atoms with Crippen LogP contribution in [0.15, 0.2) is 35.3 Å². The molecule has 0 aliphatic heterocycles. The number of ether oxygens (including phenoxy) is 2. The summed E-state index contributed by atoms with van der Waals surface area (Å²) in [5, 5.41) is 6.46. The van der Waals surface area contributed by atoms with Crippen molar-refractivity contribution >= 4 is 5.96 Å². The van der Waals surface area contributed by atoms with Gasteiger partial charge in [0.05, 0.1) is 7.11 Å². The molecule has 0 heterocycles. The molecule has 23 heavy (non-hydrogen) atoms. The quantitative estimate of drug-likeness (QED) is 0.480. The van der Waals surface area contributed by atoms with Crippen LogP contribution in [-0.4, -0.2) is 32.8 Å². The summed E-state index contributed by atoms with van der Waals surface area (Å²) in [5.74, 6) is 0.962. The van der Waals surface area contributed by atoms with Crippen LogP contribution in [0, 0.1) is 0 Å². The van der Waals surface area contributed by atoms with Crippen molar-refractivity contribution in [3.05, 3.63) is 35.9 Å². The van der Waals surface area contributed by atoms with Gasteiger partial charge >= 0.3 is 6.61 Å². The van der Waals surface area contributed by atoms with E-state index in [9.17, 15) is 8.78 Å². The largest absolute Gasteiger partial charge is 0.493 e. The Balaban J connectivity index is 1.95. The number of nitrogens with one attached hydrogen (secondary N) is 2. The van der Waals surface area contributed by atoms with Gasteiger partial charge < -0.3 is 20.1 Å². The van der Waals surface area contributed by atoms with Crippen LogP contribution in [0.1, 0.15) is 18.4 Å². The van der Waals surface area contributed by atoms with E-state index in [2.05, 4.69) is 32.5 Å². The first-order chi connectivity index (χ1) is 11.1. The zero-order valence-corrected chi connectivity index (χ0v) is 13.2. The maximum atomic E-state index is 12.4. The van der Waals surface area contributed by atoms with Crippen LogP contribution in [0.25, 0.3) is 0 Å². The Morgan fingerprint density at radius 3 is 2.65 bits per heavy atom. The lowest BCUT2D eigenvalue weighted by molar-refractivity contribution is -0.0512. The Kier molecular flexibility index (Phi) is 6.19. The smallest absolute Gasteiger partial charge is 0.387 e. The van der Waals surface area contributed by atoms with Crippen molar-refractivity contribution in [3.63, 3.8) is 0 Å². The number of methoxy groups -OCH3 is 1. The molecule has 0 fully saturated rings. The van der Waals surface area contributed by atoms with Crippen LogP contribution >= 0.6 is 0 Å². The maximum absolute atomic E-state index is 12.4. The number of alkyl halides is 2. The predicted octanol–water partition coefficient (Wildman–Crippen LogP) is 2.68. The third kappa shape index (κ3) is 5.12. The van der Waals surface area contributed by atoms with E-state index in [0.29, 0.717) is 18.5 Å². The SMILES string of the molecule is CN=C(NCc1ccc(OC)c(OC(F)F)c1)NC1CC=CC1. The molecule has 1 aromatic rings. The fourth-order valence-electron chi connectivity index (χ4n) is 2.33. The highest BCUT2D eigenvalue weighted by molar-refractivity contribution is 5.80. The van der Waals surface area contributed by atoms with Crippen LogP contribution in [-0.2, 0) is 6.54 Å². The van der Waals surface area contributed by atoms with Crippen LogP contribution in [0.3, 0.4) is 0 Å². The summed E-state index contributed by atoms with van der Waals surface area (Å²) in [6.07, 6.45) is 6.19. The number of halogens is 2. The Bertz CT molecular complexity index is 568. The number of hydrogen-bond acceptors (Lipinski definition) is 3. The van der Waals surface area contributed by atoms with E-state index in [-0.39, 0.29) is 11.5 Å². The predicted molar refractivity (Wildman–Crippen MR) is 85.1 cm³/mol. The molecule has 7 heteroatoms. The number of guanidine groups is 1. The lowest BCUT2D eigenvalue weighted by atomic mass is 10.2. The zero-order chi connectivity index (χ0) is 16.7. The second kappa shape index (κ2) is 8.36. The van der Waals surface area contributed by atoms with Gasteiger partial charge in [0, 0.05) is 19.6 Å². The molecule has 0 atom stereocenters. The van der Waals surface area contributed by atoms with Crippen molar-refractivity contribution in [3.8, 4) is 11.5 Å². The van der Waals surface area contributed by atoms with E-state index in [0.717, 1.165) is 18.4 Å². The maximum Gasteiger partial charge on any atom is 0.387 e. The minimum absolute atomic E-state index is 0.0183. The Labute approximate surface area is 134 Å². The molecule has 1 aliphatic carbocycles. The normalized spacial score (nSPS) is 15.1. The van der Waals surface area contributed by atoms with Crippen molar-refractivity contribution in [2.45, 2.75) is 32.0 Å². The molecule has 2 rings (SSSR count). The molecule has 0 saturated carbocycles. The first kappa shape index (κ1) is 17.1. The third-order valence-electron chi connectivity index (χ3n) is 3.48.